The molecule has 0 unspecified atom stereocenters. The third kappa shape index (κ3) is 2.21. The first-order chi connectivity index (χ1) is 16.4. The topological polar surface area (TPSA) is 70.0 Å². The van der Waals surface area contributed by atoms with Crippen LogP contribution in [0.25, 0.3) is 0 Å². The van der Waals surface area contributed by atoms with E-state index in [0.717, 1.165) is 44.6 Å². The van der Waals surface area contributed by atoms with Crippen molar-refractivity contribution in [3.63, 3.8) is 0 Å². The van der Waals surface area contributed by atoms with Crippen molar-refractivity contribution in [3.05, 3.63) is 23.3 Å². The number of fused-ring (bicyclic) bond motifs is 2. The van der Waals surface area contributed by atoms with Gasteiger partial charge in [0.1, 0.15) is 11.9 Å². The van der Waals surface area contributed by atoms with Crippen molar-refractivity contribution in [1.82, 2.24) is 4.90 Å². The SMILES string of the molecule is CC(C)(C)[C@@](C)(O)[C@H]1C[C@@]23CC[C@]1(C=O)[C@@]1(C)Oc4c(O)ccc5c4[C@]21CCN(CC1CC1)[C@@H]3C5. The number of rotatable bonds is 4. The highest BCUT2D eigenvalue weighted by atomic mass is 16.5. The van der Waals surface area contributed by atoms with E-state index >= 15 is 0 Å². The molecule has 8 rings (SSSR count). The van der Waals surface area contributed by atoms with Crippen LogP contribution < -0.4 is 4.74 Å². The zero-order chi connectivity index (χ0) is 24.8. The van der Waals surface area contributed by atoms with Gasteiger partial charge in [0.15, 0.2) is 11.5 Å². The lowest BCUT2D eigenvalue weighted by Gasteiger charge is -2.78. The Labute approximate surface area is 209 Å². The smallest absolute Gasteiger partial charge is 0.166 e. The van der Waals surface area contributed by atoms with Gasteiger partial charge in [-0.05, 0) is 88.3 Å². The third-order valence-electron chi connectivity index (χ3n) is 12.5. The molecule has 1 saturated heterocycles. The molecule has 4 bridgehead atoms. The summed E-state index contributed by atoms with van der Waals surface area (Å²) in [5.74, 6) is 1.42. The van der Waals surface area contributed by atoms with Gasteiger partial charge in [-0.2, -0.15) is 0 Å². The van der Waals surface area contributed by atoms with E-state index in [4.69, 9.17) is 4.74 Å². The van der Waals surface area contributed by atoms with Crippen molar-refractivity contribution in [1.29, 1.82) is 0 Å². The van der Waals surface area contributed by atoms with Gasteiger partial charge in [0.2, 0.25) is 0 Å². The van der Waals surface area contributed by atoms with Crippen molar-refractivity contribution >= 4 is 6.29 Å². The Morgan fingerprint density at radius 1 is 1.17 bits per heavy atom. The molecule has 7 aliphatic rings. The quantitative estimate of drug-likeness (QED) is 0.618. The van der Waals surface area contributed by atoms with Gasteiger partial charge >= 0.3 is 0 Å². The predicted octanol–water partition coefficient (Wildman–Crippen LogP) is 4.60. The molecular formula is C30H41NO4. The number of piperidine rings is 1. The van der Waals surface area contributed by atoms with Crippen molar-refractivity contribution in [2.75, 3.05) is 13.1 Å². The average molecular weight is 480 g/mol. The highest BCUT2D eigenvalue weighted by Crippen LogP contribution is 2.82. The maximum absolute atomic E-state index is 13.4. The fraction of sp³-hybridized carbons (Fsp3) is 0.767. The average Bonchev–Trinajstić information content (AvgIpc) is 3.56. The number of ether oxygens (including phenoxy) is 1. The lowest BCUT2D eigenvalue weighted by Crippen LogP contribution is -2.85. The van der Waals surface area contributed by atoms with E-state index in [2.05, 4.69) is 38.7 Å². The van der Waals surface area contributed by atoms with E-state index in [9.17, 15) is 15.0 Å². The number of likely N-dealkylation sites (tertiary alicyclic amines) is 1. The Bertz CT molecular complexity index is 1130. The van der Waals surface area contributed by atoms with Gasteiger partial charge < -0.3 is 19.7 Å². The van der Waals surface area contributed by atoms with Crippen LogP contribution in [0.1, 0.15) is 84.3 Å². The molecule has 0 radical (unpaired) electrons. The second-order valence-electron chi connectivity index (χ2n) is 14.4. The van der Waals surface area contributed by atoms with Crippen LogP contribution in [0.4, 0.5) is 0 Å². The minimum absolute atomic E-state index is 0.0778. The molecule has 2 N–H and O–H groups in total. The Hall–Kier alpha value is -1.59. The number of phenolic OH excluding ortho intramolecular Hbond substituents is 1. The third-order valence-corrected chi connectivity index (χ3v) is 12.5. The summed E-state index contributed by atoms with van der Waals surface area (Å²) in [5, 5.41) is 23.3. The molecule has 4 saturated carbocycles. The molecule has 2 heterocycles. The second-order valence-corrected chi connectivity index (χ2v) is 14.4. The van der Waals surface area contributed by atoms with Gasteiger partial charge in [-0.3, -0.25) is 4.90 Å². The summed E-state index contributed by atoms with van der Waals surface area (Å²) in [6.07, 6.45) is 8.34. The van der Waals surface area contributed by atoms with Crippen LogP contribution in [0.2, 0.25) is 0 Å². The number of aldehydes is 1. The number of nitrogens with zero attached hydrogens (tertiary/aromatic N) is 1. The summed E-state index contributed by atoms with van der Waals surface area (Å²) in [6.45, 7) is 12.6. The molecule has 190 valence electrons. The molecule has 1 aromatic rings. The first-order valence-corrected chi connectivity index (χ1v) is 13.9. The fourth-order valence-corrected chi connectivity index (χ4v) is 10.2. The van der Waals surface area contributed by atoms with Crippen molar-refractivity contribution < 1.29 is 19.7 Å². The molecule has 35 heavy (non-hydrogen) atoms. The summed E-state index contributed by atoms with van der Waals surface area (Å²) in [7, 11) is 0. The summed E-state index contributed by atoms with van der Waals surface area (Å²) in [4.78, 5) is 16.2. The van der Waals surface area contributed by atoms with Gasteiger partial charge in [-0.1, -0.05) is 26.8 Å². The highest BCUT2D eigenvalue weighted by Gasteiger charge is 2.86. The minimum atomic E-state index is -1.04. The van der Waals surface area contributed by atoms with Crippen molar-refractivity contribution in [2.24, 2.45) is 28.1 Å². The fourth-order valence-electron chi connectivity index (χ4n) is 10.2. The van der Waals surface area contributed by atoms with E-state index < -0.39 is 16.6 Å². The zero-order valence-corrected chi connectivity index (χ0v) is 22.0. The van der Waals surface area contributed by atoms with E-state index in [1.165, 1.54) is 36.8 Å². The maximum atomic E-state index is 13.4. The van der Waals surface area contributed by atoms with Crippen molar-refractivity contribution in [3.8, 4) is 11.5 Å². The monoisotopic (exact) mass is 479 g/mol. The number of phenols is 1. The lowest BCUT2D eigenvalue weighted by atomic mass is 9.27. The van der Waals surface area contributed by atoms with Gasteiger partial charge in [0, 0.05) is 34.9 Å². The Balaban J connectivity index is 1.52. The van der Waals surface area contributed by atoms with Gasteiger partial charge in [-0.15, -0.1) is 0 Å². The second kappa shape index (κ2) is 6.27. The molecule has 5 fully saturated rings. The van der Waals surface area contributed by atoms with Crippen LogP contribution in [-0.4, -0.2) is 51.7 Å². The summed E-state index contributed by atoms with van der Waals surface area (Å²) < 4.78 is 6.98. The van der Waals surface area contributed by atoms with Crippen LogP contribution in [-0.2, 0) is 16.6 Å². The molecule has 0 aromatic heterocycles. The molecule has 5 heteroatoms. The maximum Gasteiger partial charge on any atom is 0.166 e. The summed E-state index contributed by atoms with van der Waals surface area (Å²) >= 11 is 0. The number of hydrogen-bond acceptors (Lipinski definition) is 5. The van der Waals surface area contributed by atoms with Crippen molar-refractivity contribution in [2.45, 2.75) is 102 Å². The van der Waals surface area contributed by atoms with Crippen LogP contribution in [0.5, 0.6) is 11.5 Å². The molecule has 5 aliphatic carbocycles. The molecule has 2 spiro atoms. The number of benzene rings is 1. The molecular weight excluding hydrogens is 438 g/mol. The molecule has 5 nitrogen and oxygen atoms in total. The zero-order valence-electron chi connectivity index (χ0n) is 22.0. The molecule has 1 aromatic carbocycles. The van der Waals surface area contributed by atoms with E-state index in [0.29, 0.717) is 11.8 Å². The molecule has 2 aliphatic heterocycles. The lowest BCUT2D eigenvalue weighted by molar-refractivity contribution is -0.301. The predicted molar refractivity (Wildman–Crippen MR) is 134 cm³/mol. The van der Waals surface area contributed by atoms with Gasteiger partial charge in [-0.25, -0.2) is 0 Å². The van der Waals surface area contributed by atoms with Crippen LogP contribution >= 0.6 is 0 Å². The number of carbonyl (C=O) groups excluding carboxylic acids is 1. The standard InChI is InChI=1S/C30H41NO4/c1-25(2,3)26(4,34)21-15-28-10-11-29(21,17-32)27(5)30(28)12-13-31(16-18-6-7-18)22(28)14-19-8-9-20(33)24(35-27)23(19)30/h8-9,17-18,21-22,33-34H,6-7,10-16H2,1-5H3/t21-,22-,26+,27-,28-,29-,30+/m1/s1. The van der Waals surface area contributed by atoms with Crippen LogP contribution in [0, 0.1) is 28.1 Å². The van der Waals surface area contributed by atoms with E-state index in [1.807, 2.05) is 6.92 Å². The van der Waals surface area contributed by atoms with Gasteiger partial charge in [0.25, 0.3) is 0 Å². The van der Waals surface area contributed by atoms with Crippen LogP contribution in [0.3, 0.4) is 0 Å². The number of aliphatic hydroxyl groups is 1. The highest BCUT2D eigenvalue weighted by molar-refractivity contribution is 5.73. The Morgan fingerprint density at radius 3 is 2.57 bits per heavy atom. The summed E-state index contributed by atoms with van der Waals surface area (Å²) in [6, 6.07) is 4.29. The number of aromatic hydroxyl groups is 1. The van der Waals surface area contributed by atoms with E-state index in [-0.39, 0.29) is 27.9 Å². The first-order valence-electron chi connectivity index (χ1n) is 13.9. The Morgan fingerprint density at radius 2 is 1.91 bits per heavy atom. The molecule has 0 amide bonds. The molecule has 7 atom stereocenters. The van der Waals surface area contributed by atoms with Crippen LogP contribution in [0.15, 0.2) is 12.1 Å². The summed E-state index contributed by atoms with van der Waals surface area (Å²) in [5.41, 5.74) is -0.925. The minimum Gasteiger partial charge on any atom is -0.504 e. The first kappa shape index (κ1) is 22.6. The number of carbonyl (C=O) groups is 1. The number of hydrogen-bond donors (Lipinski definition) is 2. The normalized spacial score (nSPS) is 45.0. The van der Waals surface area contributed by atoms with Gasteiger partial charge in [0.05, 0.1) is 11.0 Å². The Kier molecular flexibility index (Phi) is 4.05. The largest absolute Gasteiger partial charge is 0.504 e. The van der Waals surface area contributed by atoms with E-state index in [1.54, 1.807) is 6.07 Å².